The number of nitrogens with zero attached hydrogens (tertiary/aromatic N) is 3. The van der Waals surface area contributed by atoms with Gasteiger partial charge < -0.3 is 4.57 Å². The molecule has 1 heterocycles. The number of rotatable bonds is 2. The molecule has 0 N–H and O–H groups in total. The Balaban J connectivity index is 2.05. The van der Waals surface area contributed by atoms with E-state index in [4.69, 9.17) is 0 Å². The highest BCUT2D eigenvalue weighted by molar-refractivity contribution is 7.16. The molecule has 0 amide bonds. The van der Waals surface area contributed by atoms with Crippen LogP contribution in [0.4, 0.5) is 0 Å². The molecule has 0 bridgehead atoms. The Morgan fingerprint density at radius 3 is 2.45 bits per heavy atom. The second kappa shape index (κ2) is 5.43. The quantitative estimate of drug-likeness (QED) is 0.508. The zero-order chi connectivity index (χ0) is 13.9. The van der Waals surface area contributed by atoms with E-state index in [2.05, 4.69) is 26.9 Å². The first kappa shape index (κ1) is 12.8. The number of hydrogen-bond donors (Lipinski definition) is 0. The summed E-state index contributed by atoms with van der Waals surface area (Å²) in [5.41, 5.74) is 3.20. The van der Waals surface area contributed by atoms with Gasteiger partial charge in [-0.15, -0.1) is 5.10 Å². The summed E-state index contributed by atoms with van der Waals surface area (Å²) in [6, 6.07) is 18.4. The lowest BCUT2D eigenvalue weighted by Crippen LogP contribution is -2.09. The van der Waals surface area contributed by atoms with Crippen molar-refractivity contribution in [1.29, 1.82) is 0 Å². The first-order valence-electron chi connectivity index (χ1n) is 6.44. The summed E-state index contributed by atoms with van der Waals surface area (Å²) in [7, 11) is 2.02. The van der Waals surface area contributed by atoms with E-state index < -0.39 is 0 Å². The van der Waals surface area contributed by atoms with Crippen LogP contribution in [-0.4, -0.2) is 10.3 Å². The monoisotopic (exact) mass is 281 g/mol. The number of aromatic nitrogens is 1. The maximum absolute atomic E-state index is 4.39. The molecule has 0 unspecified atom stereocenters. The summed E-state index contributed by atoms with van der Waals surface area (Å²) >= 11 is 1.65. The van der Waals surface area contributed by atoms with E-state index in [0.717, 1.165) is 16.1 Å². The second-order valence-electron chi connectivity index (χ2n) is 4.56. The van der Waals surface area contributed by atoms with Crippen molar-refractivity contribution in [2.24, 2.45) is 17.3 Å². The van der Waals surface area contributed by atoms with Crippen LogP contribution < -0.4 is 4.80 Å². The van der Waals surface area contributed by atoms with Crippen molar-refractivity contribution < 1.29 is 0 Å². The minimum atomic E-state index is 0.904. The van der Waals surface area contributed by atoms with E-state index in [1.54, 1.807) is 11.3 Å². The van der Waals surface area contributed by atoms with Crippen LogP contribution in [0.3, 0.4) is 0 Å². The fourth-order valence-corrected chi connectivity index (χ4v) is 3.00. The molecule has 3 nitrogen and oxygen atoms in total. The summed E-state index contributed by atoms with van der Waals surface area (Å²) < 4.78 is 3.29. The molecule has 3 rings (SSSR count). The predicted molar refractivity (Wildman–Crippen MR) is 85.0 cm³/mol. The molecule has 0 aliphatic rings. The van der Waals surface area contributed by atoms with Crippen LogP contribution in [0.1, 0.15) is 12.5 Å². The van der Waals surface area contributed by atoms with Crippen LogP contribution in [0, 0.1) is 0 Å². The number of fused-ring (bicyclic) bond motifs is 1. The van der Waals surface area contributed by atoms with Crippen molar-refractivity contribution in [3.63, 3.8) is 0 Å². The molecule has 0 radical (unpaired) electrons. The molecule has 0 fully saturated rings. The van der Waals surface area contributed by atoms with Crippen LogP contribution in [0.2, 0.25) is 0 Å². The second-order valence-corrected chi connectivity index (χ2v) is 5.57. The largest absolute Gasteiger partial charge is 0.318 e. The number of aryl methyl sites for hydroxylation is 1. The highest BCUT2D eigenvalue weighted by atomic mass is 32.1. The fraction of sp³-hybridized carbons (Fsp3) is 0.125. The third kappa shape index (κ3) is 2.42. The highest BCUT2D eigenvalue weighted by Gasteiger charge is 2.01. The Morgan fingerprint density at radius 1 is 1.00 bits per heavy atom. The Bertz CT molecular complexity index is 826. The van der Waals surface area contributed by atoms with Crippen LogP contribution in [-0.2, 0) is 7.05 Å². The van der Waals surface area contributed by atoms with E-state index in [1.807, 2.05) is 56.4 Å². The molecule has 100 valence electrons. The van der Waals surface area contributed by atoms with Crippen molar-refractivity contribution in [2.45, 2.75) is 6.92 Å². The van der Waals surface area contributed by atoms with Gasteiger partial charge >= 0.3 is 0 Å². The summed E-state index contributed by atoms with van der Waals surface area (Å²) in [4.78, 5) is 0.904. The zero-order valence-corrected chi connectivity index (χ0v) is 12.3. The van der Waals surface area contributed by atoms with E-state index >= 15 is 0 Å². The molecule has 0 spiro atoms. The smallest absolute Gasteiger partial charge is 0.211 e. The van der Waals surface area contributed by atoms with Gasteiger partial charge in [0.25, 0.3) is 0 Å². The summed E-state index contributed by atoms with van der Waals surface area (Å²) in [5, 5.41) is 8.74. The molecule has 2 aromatic carbocycles. The van der Waals surface area contributed by atoms with E-state index in [9.17, 15) is 0 Å². The van der Waals surface area contributed by atoms with Gasteiger partial charge in [-0.3, -0.25) is 0 Å². The molecular weight excluding hydrogens is 266 g/mol. The first-order chi connectivity index (χ1) is 9.75. The molecule has 0 saturated heterocycles. The number of para-hydroxylation sites is 1. The van der Waals surface area contributed by atoms with Crippen LogP contribution >= 0.6 is 11.3 Å². The lowest BCUT2D eigenvalue weighted by atomic mass is 10.1. The number of benzene rings is 2. The van der Waals surface area contributed by atoms with Gasteiger partial charge in [0.2, 0.25) is 4.80 Å². The van der Waals surface area contributed by atoms with Gasteiger partial charge in [0, 0.05) is 7.05 Å². The van der Waals surface area contributed by atoms with Gasteiger partial charge in [-0.05, 0) is 24.6 Å². The third-order valence-corrected chi connectivity index (χ3v) is 4.30. The van der Waals surface area contributed by atoms with Crippen LogP contribution in [0.5, 0.6) is 0 Å². The highest BCUT2D eigenvalue weighted by Crippen LogP contribution is 2.15. The van der Waals surface area contributed by atoms with Crippen LogP contribution in [0.15, 0.2) is 64.8 Å². The van der Waals surface area contributed by atoms with Gasteiger partial charge in [-0.1, -0.05) is 53.8 Å². The van der Waals surface area contributed by atoms with E-state index in [0.29, 0.717) is 0 Å². The predicted octanol–water partition coefficient (Wildman–Crippen LogP) is 3.56. The Hall–Kier alpha value is -2.20. The van der Waals surface area contributed by atoms with E-state index in [-0.39, 0.29) is 0 Å². The van der Waals surface area contributed by atoms with Crippen molar-refractivity contribution >= 4 is 27.3 Å². The standard InChI is InChI=1S/C16H15N3S/c1-12(13-8-4-3-5-9-13)17-18-16-19(2)14-10-6-7-11-15(14)20-16/h3-11H,1-2H3/b17-12+,18-16+. The van der Waals surface area contributed by atoms with Crippen molar-refractivity contribution in [3.8, 4) is 0 Å². The van der Waals surface area contributed by atoms with Gasteiger partial charge in [0.15, 0.2) is 0 Å². The lowest BCUT2D eigenvalue weighted by molar-refractivity contribution is 0.888. The first-order valence-corrected chi connectivity index (χ1v) is 7.25. The average Bonchev–Trinajstić information content (AvgIpc) is 2.83. The van der Waals surface area contributed by atoms with Gasteiger partial charge in [-0.25, -0.2) is 0 Å². The molecule has 1 aromatic heterocycles. The fourth-order valence-electron chi connectivity index (χ4n) is 2.03. The molecule has 0 aliphatic carbocycles. The molecule has 0 aliphatic heterocycles. The lowest BCUT2D eigenvalue weighted by Gasteiger charge is -1.96. The third-order valence-electron chi connectivity index (χ3n) is 3.19. The number of hydrogen-bond acceptors (Lipinski definition) is 3. The molecule has 4 heteroatoms. The molecule has 0 saturated carbocycles. The maximum atomic E-state index is 4.39. The summed E-state index contributed by atoms with van der Waals surface area (Å²) in [6.07, 6.45) is 0. The SMILES string of the molecule is C/C(=N\N=c1\sc2ccccc2n1C)c1ccccc1. The maximum Gasteiger partial charge on any atom is 0.211 e. The van der Waals surface area contributed by atoms with Crippen LogP contribution in [0.25, 0.3) is 10.2 Å². The zero-order valence-electron chi connectivity index (χ0n) is 11.4. The average molecular weight is 281 g/mol. The molecular formula is C16H15N3S. The Kier molecular flexibility index (Phi) is 3.48. The topological polar surface area (TPSA) is 29.6 Å². The van der Waals surface area contributed by atoms with E-state index in [1.165, 1.54) is 10.2 Å². The Labute approximate surface area is 121 Å². The molecule has 3 aromatic rings. The normalized spacial score (nSPS) is 13.1. The van der Waals surface area contributed by atoms with Crippen molar-refractivity contribution in [2.75, 3.05) is 0 Å². The summed E-state index contributed by atoms with van der Waals surface area (Å²) in [5.74, 6) is 0. The molecule has 20 heavy (non-hydrogen) atoms. The minimum Gasteiger partial charge on any atom is -0.318 e. The molecule has 0 atom stereocenters. The van der Waals surface area contributed by atoms with Gasteiger partial charge in [-0.2, -0.15) is 5.10 Å². The number of thiazole rings is 1. The van der Waals surface area contributed by atoms with Crippen molar-refractivity contribution in [1.82, 2.24) is 4.57 Å². The van der Waals surface area contributed by atoms with Gasteiger partial charge in [0.1, 0.15) is 0 Å². The summed E-state index contributed by atoms with van der Waals surface area (Å²) in [6.45, 7) is 1.98. The van der Waals surface area contributed by atoms with Gasteiger partial charge in [0.05, 0.1) is 15.9 Å². The van der Waals surface area contributed by atoms with Crippen molar-refractivity contribution in [3.05, 3.63) is 65.0 Å². The Morgan fingerprint density at radius 2 is 1.70 bits per heavy atom. The minimum absolute atomic E-state index is 0.904.